The van der Waals surface area contributed by atoms with Crippen molar-refractivity contribution in [2.75, 3.05) is 25.1 Å². The zero-order valence-electron chi connectivity index (χ0n) is 15.3. The van der Waals surface area contributed by atoms with Crippen molar-refractivity contribution in [2.45, 2.75) is 13.3 Å². The smallest absolute Gasteiger partial charge is 0.255 e. The number of carbonyl (C=O) groups is 2. The molecule has 3 rings (SSSR count). The molecule has 0 saturated carbocycles. The zero-order chi connectivity index (χ0) is 19.2. The number of anilines is 1. The number of nitrogens with one attached hydrogen (secondary N) is 1. The maximum Gasteiger partial charge on any atom is 0.255 e. The van der Waals surface area contributed by atoms with Crippen molar-refractivity contribution in [1.82, 2.24) is 10.3 Å². The van der Waals surface area contributed by atoms with Gasteiger partial charge in [0.2, 0.25) is 5.91 Å². The second kappa shape index (κ2) is 8.64. The standard InChI is InChI=1S/C20H21N3O3S/c1-3-23(20-22-15-9-5-7-11-17(15)27-20)18(24)12-13-21-19(25)14-8-4-6-10-16(14)26-2/h4-11H,3,12-13H2,1-2H3,(H,21,25). The number of ether oxygens (including phenoxy) is 1. The number of para-hydroxylation sites is 2. The average Bonchev–Trinajstić information content (AvgIpc) is 3.12. The number of hydrogen-bond donors (Lipinski definition) is 1. The summed E-state index contributed by atoms with van der Waals surface area (Å²) in [5.41, 5.74) is 1.33. The number of nitrogens with zero attached hydrogens (tertiary/aromatic N) is 2. The summed E-state index contributed by atoms with van der Waals surface area (Å²) in [5.74, 6) is 0.172. The van der Waals surface area contributed by atoms with Crippen LogP contribution in [-0.2, 0) is 4.79 Å². The van der Waals surface area contributed by atoms with E-state index >= 15 is 0 Å². The minimum Gasteiger partial charge on any atom is -0.496 e. The van der Waals surface area contributed by atoms with E-state index in [0.29, 0.717) is 23.0 Å². The predicted molar refractivity (Wildman–Crippen MR) is 108 cm³/mol. The van der Waals surface area contributed by atoms with Gasteiger partial charge in [-0.15, -0.1) is 0 Å². The fourth-order valence-electron chi connectivity index (χ4n) is 2.74. The van der Waals surface area contributed by atoms with Gasteiger partial charge in [0.15, 0.2) is 5.13 Å². The Labute approximate surface area is 161 Å². The molecule has 0 spiro atoms. The summed E-state index contributed by atoms with van der Waals surface area (Å²) in [6.07, 6.45) is 0.199. The highest BCUT2D eigenvalue weighted by Gasteiger charge is 2.18. The Bertz CT molecular complexity index is 921. The number of rotatable bonds is 7. The van der Waals surface area contributed by atoms with Crippen LogP contribution in [0.3, 0.4) is 0 Å². The van der Waals surface area contributed by atoms with Crippen LogP contribution in [0.2, 0.25) is 0 Å². The van der Waals surface area contributed by atoms with E-state index in [1.165, 1.54) is 18.4 Å². The van der Waals surface area contributed by atoms with E-state index in [2.05, 4.69) is 10.3 Å². The molecule has 0 atom stereocenters. The summed E-state index contributed by atoms with van der Waals surface area (Å²) in [5, 5.41) is 3.46. The van der Waals surface area contributed by atoms with Crippen molar-refractivity contribution >= 4 is 38.5 Å². The van der Waals surface area contributed by atoms with Crippen LogP contribution in [-0.4, -0.2) is 37.0 Å². The van der Waals surface area contributed by atoms with Crippen LogP contribution in [0.1, 0.15) is 23.7 Å². The lowest BCUT2D eigenvalue weighted by molar-refractivity contribution is -0.118. The van der Waals surface area contributed by atoms with Gasteiger partial charge in [-0.25, -0.2) is 4.98 Å². The zero-order valence-corrected chi connectivity index (χ0v) is 16.1. The Balaban J connectivity index is 1.61. The lowest BCUT2D eigenvalue weighted by Gasteiger charge is -2.17. The van der Waals surface area contributed by atoms with Gasteiger partial charge < -0.3 is 10.1 Å². The molecule has 0 bridgehead atoms. The second-order valence-corrected chi connectivity index (χ2v) is 6.82. The van der Waals surface area contributed by atoms with E-state index < -0.39 is 0 Å². The van der Waals surface area contributed by atoms with Gasteiger partial charge in [-0.2, -0.15) is 0 Å². The normalized spacial score (nSPS) is 10.6. The molecule has 0 radical (unpaired) electrons. The fourth-order valence-corrected chi connectivity index (χ4v) is 3.79. The van der Waals surface area contributed by atoms with Crippen molar-refractivity contribution < 1.29 is 14.3 Å². The van der Waals surface area contributed by atoms with Gasteiger partial charge in [-0.3, -0.25) is 14.5 Å². The molecule has 0 aliphatic heterocycles. The van der Waals surface area contributed by atoms with Gasteiger partial charge in [-0.1, -0.05) is 35.6 Å². The Kier molecular flexibility index (Phi) is 6.03. The first-order valence-electron chi connectivity index (χ1n) is 8.71. The molecular weight excluding hydrogens is 362 g/mol. The Hall–Kier alpha value is -2.93. The van der Waals surface area contributed by atoms with Crippen LogP contribution in [0.5, 0.6) is 5.75 Å². The highest BCUT2D eigenvalue weighted by molar-refractivity contribution is 7.22. The molecule has 2 amide bonds. The summed E-state index contributed by atoms with van der Waals surface area (Å²) in [7, 11) is 1.52. The third kappa shape index (κ3) is 4.25. The van der Waals surface area contributed by atoms with Gasteiger partial charge in [0.05, 0.1) is 22.9 Å². The number of aromatic nitrogens is 1. The maximum absolute atomic E-state index is 12.6. The first kappa shape index (κ1) is 18.8. The van der Waals surface area contributed by atoms with Gasteiger partial charge >= 0.3 is 0 Å². The van der Waals surface area contributed by atoms with E-state index in [1.54, 1.807) is 29.2 Å². The highest BCUT2D eigenvalue weighted by atomic mass is 32.1. The maximum atomic E-state index is 12.6. The van der Waals surface area contributed by atoms with Crippen LogP contribution in [0.25, 0.3) is 10.2 Å². The molecule has 0 aliphatic rings. The fraction of sp³-hybridized carbons (Fsp3) is 0.250. The van der Waals surface area contributed by atoms with E-state index in [-0.39, 0.29) is 24.8 Å². The minimum atomic E-state index is -0.261. The summed E-state index contributed by atoms with van der Waals surface area (Å²) in [4.78, 5) is 31.1. The summed E-state index contributed by atoms with van der Waals surface area (Å²) < 4.78 is 6.24. The van der Waals surface area contributed by atoms with Crippen molar-refractivity contribution in [1.29, 1.82) is 0 Å². The number of fused-ring (bicyclic) bond motifs is 1. The lowest BCUT2D eigenvalue weighted by atomic mass is 10.2. The molecule has 140 valence electrons. The van der Waals surface area contributed by atoms with Crippen LogP contribution in [0, 0.1) is 0 Å². The molecule has 1 aromatic heterocycles. The van der Waals surface area contributed by atoms with Crippen LogP contribution >= 0.6 is 11.3 Å². The molecule has 2 aromatic carbocycles. The third-order valence-electron chi connectivity index (χ3n) is 4.11. The molecule has 6 nitrogen and oxygen atoms in total. The van der Waals surface area contributed by atoms with E-state index in [4.69, 9.17) is 4.74 Å². The number of thiazole rings is 1. The van der Waals surface area contributed by atoms with Crippen LogP contribution < -0.4 is 15.0 Å². The first-order valence-corrected chi connectivity index (χ1v) is 9.52. The largest absolute Gasteiger partial charge is 0.496 e. The quantitative estimate of drug-likeness (QED) is 0.678. The van der Waals surface area contributed by atoms with E-state index in [1.807, 2.05) is 31.2 Å². The van der Waals surface area contributed by atoms with Gasteiger partial charge in [0.25, 0.3) is 5.91 Å². The Morgan fingerprint density at radius 2 is 1.89 bits per heavy atom. The number of carbonyl (C=O) groups excluding carboxylic acids is 2. The van der Waals surface area contributed by atoms with Gasteiger partial charge in [0.1, 0.15) is 5.75 Å². The molecule has 0 saturated heterocycles. The van der Waals surface area contributed by atoms with Crippen molar-refractivity contribution in [2.24, 2.45) is 0 Å². The number of hydrogen-bond acceptors (Lipinski definition) is 5. The van der Waals surface area contributed by atoms with Gasteiger partial charge in [-0.05, 0) is 31.2 Å². The molecule has 0 unspecified atom stereocenters. The van der Waals surface area contributed by atoms with Crippen molar-refractivity contribution in [3.63, 3.8) is 0 Å². The monoisotopic (exact) mass is 383 g/mol. The minimum absolute atomic E-state index is 0.0723. The summed E-state index contributed by atoms with van der Waals surface area (Å²) in [6.45, 7) is 2.69. The molecule has 1 heterocycles. The predicted octanol–water partition coefficient (Wildman–Crippen LogP) is 3.48. The van der Waals surface area contributed by atoms with Crippen LogP contribution in [0.15, 0.2) is 48.5 Å². The van der Waals surface area contributed by atoms with E-state index in [0.717, 1.165) is 10.2 Å². The summed E-state index contributed by atoms with van der Waals surface area (Å²) in [6, 6.07) is 14.8. The lowest BCUT2D eigenvalue weighted by Crippen LogP contribution is -2.34. The van der Waals surface area contributed by atoms with Crippen molar-refractivity contribution in [3.05, 3.63) is 54.1 Å². The highest BCUT2D eigenvalue weighted by Crippen LogP contribution is 2.28. The molecule has 27 heavy (non-hydrogen) atoms. The Morgan fingerprint density at radius 1 is 1.15 bits per heavy atom. The topological polar surface area (TPSA) is 71.5 Å². The molecular formula is C20H21N3O3S. The van der Waals surface area contributed by atoms with Crippen molar-refractivity contribution in [3.8, 4) is 5.75 Å². The number of benzene rings is 2. The molecule has 7 heteroatoms. The van der Waals surface area contributed by atoms with E-state index in [9.17, 15) is 9.59 Å². The molecule has 1 N–H and O–H groups in total. The van der Waals surface area contributed by atoms with Gasteiger partial charge in [0, 0.05) is 19.5 Å². The molecule has 0 aliphatic carbocycles. The Morgan fingerprint density at radius 3 is 2.63 bits per heavy atom. The SMILES string of the molecule is CCN(C(=O)CCNC(=O)c1ccccc1OC)c1nc2ccccc2s1. The molecule has 3 aromatic rings. The number of methoxy groups -OCH3 is 1. The third-order valence-corrected chi connectivity index (χ3v) is 5.17. The average molecular weight is 383 g/mol. The first-order chi connectivity index (χ1) is 13.1. The number of amides is 2. The second-order valence-electron chi connectivity index (χ2n) is 5.81. The van der Waals surface area contributed by atoms with Crippen LogP contribution in [0.4, 0.5) is 5.13 Å². The summed E-state index contributed by atoms with van der Waals surface area (Å²) >= 11 is 1.49. The molecule has 0 fully saturated rings.